The summed E-state index contributed by atoms with van der Waals surface area (Å²) >= 11 is 1.47. The van der Waals surface area contributed by atoms with Gasteiger partial charge in [0.05, 0.1) is 3.57 Å². The zero-order valence-corrected chi connectivity index (χ0v) is 24.9. The van der Waals surface area contributed by atoms with E-state index in [0.29, 0.717) is 17.7 Å². The van der Waals surface area contributed by atoms with Gasteiger partial charge in [0.25, 0.3) is 0 Å². The Balaban J connectivity index is 1.39. The zero-order valence-electron chi connectivity index (χ0n) is 22.8. The Bertz CT molecular complexity index is 1780. The Hall–Kier alpha value is -3.60. The third kappa shape index (κ3) is 6.51. The topological polar surface area (TPSA) is 9.23 Å². The van der Waals surface area contributed by atoms with Gasteiger partial charge in [0.1, 0.15) is 40.4 Å². The van der Waals surface area contributed by atoms with Crippen LogP contribution in [0, 0.1) is 32.7 Å². The zero-order chi connectivity index (χ0) is 30.9. The van der Waals surface area contributed by atoms with Gasteiger partial charge in [-0.3, -0.25) is 0 Å². The van der Waals surface area contributed by atoms with Crippen LogP contribution in [0.25, 0.3) is 33.0 Å². The molecule has 0 N–H and O–H groups in total. The highest BCUT2D eigenvalue weighted by molar-refractivity contribution is 14.1. The largest absolute Gasteiger partial charge is 0.432 e. The number of ether oxygens (including phenoxy) is 1. The number of halogens is 8. The number of alkyl halides is 2. The smallest absolute Gasteiger partial charge is 0.429 e. The molecule has 0 atom stereocenters. The summed E-state index contributed by atoms with van der Waals surface area (Å²) in [6, 6.07) is 17.0. The van der Waals surface area contributed by atoms with Crippen LogP contribution in [0.4, 0.5) is 30.7 Å². The van der Waals surface area contributed by atoms with E-state index < -0.39 is 46.5 Å². The first kappa shape index (κ1) is 30.8. The second-order valence-corrected chi connectivity index (χ2v) is 11.2. The molecule has 0 spiro atoms. The van der Waals surface area contributed by atoms with Gasteiger partial charge >= 0.3 is 6.11 Å². The normalized spacial score (nSPS) is 11.7. The Kier molecular flexibility index (Phi) is 9.01. The molecule has 0 heterocycles. The second kappa shape index (κ2) is 12.6. The minimum Gasteiger partial charge on any atom is -0.429 e. The van der Waals surface area contributed by atoms with E-state index in [4.69, 9.17) is 0 Å². The molecule has 0 amide bonds. The molecule has 5 aromatic rings. The van der Waals surface area contributed by atoms with E-state index in [9.17, 15) is 8.78 Å². The molecular weight excluding hydrogens is 684 g/mol. The molecule has 0 aliphatic rings. The number of hydrogen-bond donors (Lipinski definition) is 0. The van der Waals surface area contributed by atoms with Gasteiger partial charge in [0, 0.05) is 10.9 Å². The van der Waals surface area contributed by atoms with Crippen molar-refractivity contribution in [2.24, 2.45) is 0 Å². The third-order valence-electron chi connectivity index (χ3n) is 7.16. The van der Waals surface area contributed by atoms with Crippen molar-refractivity contribution >= 4 is 33.4 Å². The van der Waals surface area contributed by atoms with Crippen LogP contribution in [-0.4, -0.2) is 0 Å². The maximum atomic E-state index is 15.1. The Morgan fingerprint density at radius 3 is 1.98 bits per heavy atom. The van der Waals surface area contributed by atoms with Gasteiger partial charge in [-0.1, -0.05) is 56.2 Å². The van der Waals surface area contributed by atoms with Crippen LogP contribution in [0.15, 0.2) is 78.9 Å². The first-order valence-corrected chi connectivity index (χ1v) is 14.6. The quantitative estimate of drug-likeness (QED) is 0.0641. The average molecular weight is 708 g/mol. The predicted octanol–water partition coefficient (Wildman–Crippen LogP) is 11.3. The number of aryl methyl sites for hydroxylation is 1. The lowest BCUT2D eigenvalue weighted by Crippen LogP contribution is -2.25. The van der Waals surface area contributed by atoms with E-state index in [0.717, 1.165) is 55.5 Å². The summed E-state index contributed by atoms with van der Waals surface area (Å²) in [6.07, 6.45) is -0.232. The van der Waals surface area contributed by atoms with Gasteiger partial charge in [-0.05, 0) is 106 Å². The summed E-state index contributed by atoms with van der Waals surface area (Å²) in [7, 11) is 0. The van der Waals surface area contributed by atoms with Crippen LogP contribution in [0.1, 0.15) is 37.3 Å². The summed E-state index contributed by atoms with van der Waals surface area (Å²) in [4.78, 5) is 0. The first-order valence-electron chi connectivity index (χ1n) is 13.5. The van der Waals surface area contributed by atoms with Gasteiger partial charge in [0.15, 0.2) is 0 Å². The standard InChI is InChI=1S/C34H24F7IO/c1-2-3-4-5-19-6-8-20(9-7-19)21-10-12-25(27(35)15-21)23-16-28(36)31(29(37)17-23)34(40,41)43-24-11-13-26-22(14-24)18-30(38)33(42)32(26)39/h6-18H,2-5H2,1H3. The van der Waals surface area contributed by atoms with Gasteiger partial charge in [-0.15, -0.1) is 0 Å². The van der Waals surface area contributed by atoms with Crippen molar-refractivity contribution in [3.63, 3.8) is 0 Å². The van der Waals surface area contributed by atoms with E-state index in [2.05, 4.69) is 11.7 Å². The molecule has 0 aliphatic carbocycles. The van der Waals surface area contributed by atoms with Crippen molar-refractivity contribution in [3.8, 4) is 28.0 Å². The minimum absolute atomic E-state index is 0.0457. The van der Waals surface area contributed by atoms with E-state index in [1.54, 1.807) is 6.07 Å². The molecule has 0 saturated carbocycles. The summed E-state index contributed by atoms with van der Waals surface area (Å²) in [5.74, 6) is -6.46. The highest BCUT2D eigenvalue weighted by atomic mass is 127. The lowest BCUT2D eigenvalue weighted by atomic mass is 9.97. The van der Waals surface area contributed by atoms with E-state index in [-0.39, 0.29) is 25.5 Å². The second-order valence-electron chi connectivity index (χ2n) is 10.2. The van der Waals surface area contributed by atoms with Gasteiger partial charge in [-0.2, -0.15) is 8.78 Å². The van der Waals surface area contributed by atoms with Gasteiger partial charge < -0.3 is 4.74 Å². The van der Waals surface area contributed by atoms with Crippen molar-refractivity contribution in [2.75, 3.05) is 0 Å². The molecule has 222 valence electrons. The van der Waals surface area contributed by atoms with Gasteiger partial charge in [-0.25, -0.2) is 22.0 Å². The molecule has 0 radical (unpaired) electrons. The molecule has 0 aromatic heterocycles. The van der Waals surface area contributed by atoms with Crippen LogP contribution in [0.3, 0.4) is 0 Å². The fourth-order valence-corrected chi connectivity index (χ4v) is 5.37. The highest BCUT2D eigenvalue weighted by Crippen LogP contribution is 2.39. The van der Waals surface area contributed by atoms with Crippen molar-refractivity contribution in [3.05, 3.63) is 123 Å². The minimum atomic E-state index is -4.51. The van der Waals surface area contributed by atoms with Crippen LogP contribution >= 0.6 is 22.6 Å². The van der Waals surface area contributed by atoms with Crippen molar-refractivity contribution in [2.45, 2.75) is 38.7 Å². The SMILES string of the molecule is CCCCCc1ccc(-c2ccc(-c3cc(F)c(C(F)(F)Oc4ccc5c(F)c(I)c(F)cc5c4)c(F)c3)c(F)c2)cc1. The van der Waals surface area contributed by atoms with Crippen LogP contribution < -0.4 is 4.74 Å². The maximum Gasteiger partial charge on any atom is 0.432 e. The van der Waals surface area contributed by atoms with E-state index >= 15 is 22.0 Å². The molecule has 5 rings (SSSR count). The molecule has 0 bridgehead atoms. The molecule has 43 heavy (non-hydrogen) atoms. The van der Waals surface area contributed by atoms with Crippen molar-refractivity contribution in [1.82, 2.24) is 0 Å². The lowest BCUT2D eigenvalue weighted by molar-refractivity contribution is -0.189. The number of fused-ring (bicyclic) bond motifs is 1. The molecule has 0 fully saturated rings. The molecule has 0 unspecified atom stereocenters. The number of hydrogen-bond acceptors (Lipinski definition) is 1. The Morgan fingerprint density at radius 2 is 1.33 bits per heavy atom. The fraction of sp³-hybridized carbons (Fsp3) is 0.176. The fourth-order valence-electron chi connectivity index (χ4n) is 4.92. The average Bonchev–Trinajstić information content (AvgIpc) is 2.95. The third-order valence-corrected chi connectivity index (χ3v) is 8.15. The lowest BCUT2D eigenvalue weighted by Gasteiger charge is -2.20. The first-order chi connectivity index (χ1) is 20.5. The molecular formula is C34H24F7IO. The Labute approximate surface area is 257 Å². The van der Waals surface area contributed by atoms with Crippen molar-refractivity contribution < 1.29 is 35.5 Å². The number of benzene rings is 5. The number of unbranched alkanes of at least 4 members (excludes halogenated alkanes) is 2. The van der Waals surface area contributed by atoms with Crippen LogP contribution in [0.5, 0.6) is 5.75 Å². The predicted molar refractivity (Wildman–Crippen MR) is 162 cm³/mol. The van der Waals surface area contributed by atoms with Crippen LogP contribution in [0.2, 0.25) is 0 Å². The Morgan fingerprint density at radius 1 is 0.674 bits per heavy atom. The highest BCUT2D eigenvalue weighted by Gasteiger charge is 2.41. The molecule has 0 aliphatic heterocycles. The summed E-state index contributed by atoms with van der Waals surface area (Å²) in [5, 5.41) is -0.127. The van der Waals surface area contributed by atoms with E-state index in [1.165, 1.54) is 40.3 Å². The van der Waals surface area contributed by atoms with Crippen molar-refractivity contribution in [1.29, 1.82) is 0 Å². The summed E-state index contributed by atoms with van der Waals surface area (Å²) in [6.45, 7) is 2.13. The number of rotatable bonds is 9. The molecule has 1 nitrogen and oxygen atoms in total. The van der Waals surface area contributed by atoms with E-state index in [1.807, 2.05) is 24.3 Å². The monoisotopic (exact) mass is 708 g/mol. The van der Waals surface area contributed by atoms with Gasteiger partial charge in [0.2, 0.25) is 0 Å². The summed E-state index contributed by atoms with van der Waals surface area (Å²) in [5.41, 5.74) is 0.316. The molecule has 0 saturated heterocycles. The summed E-state index contributed by atoms with van der Waals surface area (Å²) < 4.78 is 108. The van der Waals surface area contributed by atoms with Crippen LogP contribution in [-0.2, 0) is 12.5 Å². The maximum absolute atomic E-state index is 15.1. The molecule has 5 aromatic carbocycles. The molecule has 9 heteroatoms.